The van der Waals surface area contributed by atoms with Crippen LogP contribution >= 0.6 is 23.2 Å². The Morgan fingerprint density at radius 1 is 1.38 bits per heavy atom. The van der Waals surface area contributed by atoms with Crippen LogP contribution in [0.5, 0.6) is 0 Å². The second kappa shape index (κ2) is 6.20. The van der Waals surface area contributed by atoms with E-state index >= 15 is 0 Å². The molecule has 0 aliphatic carbocycles. The third-order valence-electron chi connectivity index (χ3n) is 4.09. The summed E-state index contributed by atoms with van der Waals surface area (Å²) in [6.45, 7) is 4.74. The van der Waals surface area contributed by atoms with Crippen molar-refractivity contribution >= 4 is 34.8 Å². The van der Waals surface area contributed by atoms with Crippen molar-refractivity contribution in [2.24, 2.45) is 5.92 Å². The van der Waals surface area contributed by atoms with Crippen LogP contribution in [0.1, 0.15) is 37.0 Å². The molecule has 21 heavy (non-hydrogen) atoms. The minimum absolute atomic E-state index is 0.0203. The number of nitro benzene ring substituents is 1. The SMILES string of the molecule is CC1CCCN(C(=O)c2cc(Cl)c(Cl)c([N+](=O)[O-])c2)C1C. The fourth-order valence-electron chi connectivity index (χ4n) is 2.62. The summed E-state index contributed by atoms with van der Waals surface area (Å²) in [5.74, 6) is 0.163. The van der Waals surface area contributed by atoms with Gasteiger partial charge in [0.2, 0.25) is 0 Å². The van der Waals surface area contributed by atoms with Gasteiger partial charge in [0, 0.05) is 24.2 Å². The van der Waals surface area contributed by atoms with Crippen LogP contribution in [0.4, 0.5) is 5.69 Å². The molecule has 0 spiro atoms. The first-order valence-electron chi connectivity index (χ1n) is 6.77. The van der Waals surface area contributed by atoms with Gasteiger partial charge in [0.15, 0.2) is 0 Å². The summed E-state index contributed by atoms with van der Waals surface area (Å²) < 4.78 is 0. The molecular weight excluding hydrogens is 315 g/mol. The molecule has 1 fully saturated rings. The van der Waals surface area contributed by atoms with Gasteiger partial charge in [0.25, 0.3) is 11.6 Å². The topological polar surface area (TPSA) is 63.5 Å². The van der Waals surface area contributed by atoms with Crippen LogP contribution in [0.15, 0.2) is 12.1 Å². The van der Waals surface area contributed by atoms with Crippen LogP contribution in [-0.2, 0) is 0 Å². The van der Waals surface area contributed by atoms with Crippen molar-refractivity contribution in [1.82, 2.24) is 4.90 Å². The third kappa shape index (κ3) is 3.14. The normalized spacial score (nSPS) is 22.2. The number of nitrogens with zero attached hydrogens (tertiary/aromatic N) is 2. The number of carbonyl (C=O) groups is 1. The Labute approximate surface area is 133 Å². The molecule has 1 aromatic rings. The Kier molecular flexibility index (Phi) is 4.74. The predicted octanol–water partition coefficient (Wildman–Crippen LogP) is 4.16. The van der Waals surface area contributed by atoms with E-state index in [4.69, 9.17) is 23.2 Å². The van der Waals surface area contributed by atoms with Crippen molar-refractivity contribution < 1.29 is 9.72 Å². The smallest absolute Gasteiger partial charge is 0.290 e. The number of halogens is 2. The highest BCUT2D eigenvalue weighted by molar-refractivity contribution is 6.43. The fourth-order valence-corrected chi connectivity index (χ4v) is 3.01. The molecule has 1 aromatic carbocycles. The van der Waals surface area contributed by atoms with Crippen molar-refractivity contribution in [3.8, 4) is 0 Å². The molecule has 0 N–H and O–H groups in total. The highest BCUT2D eigenvalue weighted by atomic mass is 35.5. The Morgan fingerprint density at radius 3 is 2.67 bits per heavy atom. The van der Waals surface area contributed by atoms with Gasteiger partial charge in [-0.2, -0.15) is 0 Å². The molecule has 0 radical (unpaired) electrons. The molecule has 0 bridgehead atoms. The summed E-state index contributed by atoms with van der Waals surface area (Å²) in [5, 5.41) is 10.9. The van der Waals surface area contributed by atoms with Crippen molar-refractivity contribution in [1.29, 1.82) is 0 Å². The number of rotatable bonds is 2. The molecule has 2 unspecified atom stereocenters. The lowest BCUT2D eigenvalue weighted by atomic mass is 9.91. The van der Waals surface area contributed by atoms with Crippen molar-refractivity contribution in [3.05, 3.63) is 37.9 Å². The molecule has 1 aliphatic rings. The van der Waals surface area contributed by atoms with E-state index in [2.05, 4.69) is 6.92 Å². The highest BCUT2D eigenvalue weighted by Gasteiger charge is 2.30. The number of hydrogen-bond acceptors (Lipinski definition) is 3. The van der Waals surface area contributed by atoms with Crippen LogP contribution in [0.3, 0.4) is 0 Å². The van der Waals surface area contributed by atoms with Crippen LogP contribution in [0.25, 0.3) is 0 Å². The first-order chi connectivity index (χ1) is 9.82. The van der Waals surface area contributed by atoms with Crippen LogP contribution in [-0.4, -0.2) is 28.3 Å². The summed E-state index contributed by atoms with van der Waals surface area (Å²) in [7, 11) is 0. The summed E-state index contributed by atoms with van der Waals surface area (Å²) >= 11 is 11.7. The van der Waals surface area contributed by atoms with Gasteiger partial charge < -0.3 is 4.90 Å². The predicted molar refractivity (Wildman–Crippen MR) is 82.0 cm³/mol. The van der Waals surface area contributed by atoms with Crippen LogP contribution < -0.4 is 0 Å². The van der Waals surface area contributed by atoms with Crippen molar-refractivity contribution in [3.63, 3.8) is 0 Å². The summed E-state index contributed by atoms with van der Waals surface area (Å²) in [4.78, 5) is 24.7. The van der Waals surface area contributed by atoms with Gasteiger partial charge in [-0.15, -0.1) is 0 Å². The number of hydrogen-bond donors (Lipinski definition) is 0. The maximum Gasteiger partial charge on any atom is 0.290 e. The average molecular weight is 331 g/mol. The average Bonchev–Trinajstić information content (AvgIpc) is 2.43. The molecule has 1 saturated heterocycles. The van der Waals surface area contributed by atoms with E-state index in [0.717, 1.165) is 12.8 Å². The lowest BCUT2D eigenvalue weighted by Crippen LogP contribution is -2.46. The molecule has 1 amide bonds. The van der Waals surface area contributed by atoms with E-state index < -0.39 is 4.92 Å². The minimum Gasteiger partial charge on any atom is -0.336 e. The number of amides is 1. The lowest BCUT2D eigenvalue weighted by molar-refractivity contribution is -0.384. The van der Waals surface area contributed by atoms with E-state index in [9.17, 15) is 14.9 Å². The maximum absolute atomic E-state index is 12.6. The number of piperidine rings is 1. The van der Waals surface area contributed by atoms with E-state index in [1.54, 1.807) is 4.90 Å². The zero-order valence-corrected chi connectivity index (χ0v) is 13.3. The van der Waals surface area contributed by atoms with Gasteiger partial charge in [0.05, 0.1) is 9.95 Å². The number of carbonyl (C=O) groups excluding carboxylic acids is 1. The second-order valence-corrected chi connectivity index (χ2v) is 6.19. The first kappa shape index (κ1) is 16.0. The zero-order valence-electron chi connectivity index (χ0n) is 11.8. The molecule has 2 rings (SSSR count). The Bertz CT molecular complexity index is 592. The minimum atomic E-state index is -0.632. The Balaban J connectivity index is 2.37. The van der Waals surface area contributed by atoms with Crippen LogP contribution in [0, 0.1) is 16.0 Å². The molecule has 114 valence electrons. The van der Waals surface area contributed by atoms with Gasteiger partial charge in [0.1, 0.15) is 5.02 Å². The summed E-state index contributed by atoms with van der Waals surface area (Å²) in [5.41, 5.74) is -0.137. The number of likely N-dealkylation sites (tertiary alicyclic amines) is 1. The number of nitro groups is 1. The van der Waals surface area contributed by atoms with E-state index in [1.165, 1.54) is 12.1 Å². The zero-order chi connectivity index (χ0) is 15.7. The van der Waals surface area contributed by atoms with Crippen LogP contribution in [0.2, 0.25) is 10.0 Å². The quantitative estimate of drug-likeness (QED) is 0.604. The third-order valence-corrected chi connectivity index (χ3v) is 4.88. The van der Waals surface area contributed by atoms with E-state index in [-0.39, 0.29) is 33.2 Å². The molecule has 1 heterocycles. The first-order valence-corrected chi connectivity index (χ1v) is 7.53. The van der Waals surface area contributed by atoms with Gasteiger partial charge in [-0.25, -0.2) is 0 Å². The Hall–Kier alpha value is -1.33. The largest absolute Gasteiger partial charge is 0.336 e. The monoisotopic (exact) mass is 330 g/mol. The Morgan fingerprint density at radius 2 is 2.05 bits per heavy atom. The lowest BCUT2D eigenvalue weighted by Gasteiger charge is -2.38. The van der Waals surface area contributed by atoms with E-state index in [0.29, 0.717) is 12.5 Å². The molecular formula is C14H16Cl2N2O3. The highest BCUT2D eigenvalue weighted by Crippen LogP contribution is 2.34. The van der Waals surface area contributed by atoms with Crippen molar-refractivity contribution in [2.75, 3.05) is 6.54 Å². The molecule has 0 saturated carbocycles. The fraction of sp³-hybridized carbons (Fsp3) is 0.500. The maximum atomic E-state index is 12.6. The number of benzene rings is 1. The molecule has 0 aromatic heterocycles. The molecule has 1 aliphatic heterocycles. The molecule has 2 atom stereocenters. The second-order valence-electron chi connectivity index (χ2n) is 5.41. The standard InChI is InChI=1S/C14H16Cl2N2O3/c1-8-4-3-5-17(9(8)2)14(19)10-6-11(15)13(16)12(7-10)18(20)21/h6-9H,3-5H2,1-2H3. The van der Waals surface area contributed by atoms with Gasteiger partial charge in [-0.3, -0.25) is 14.9 Å². The van der Waals surface area contributed by atoms with Gasteiger partial charge >= 0.3 is 0 Å². The molecule has 5 nitrogen and oxygen atoms in total. The van der Waals surface area contributed by atoms with Gasteiger partial charge in [-0.1, -0.05) is 30.1 Å². The summed E-state index contributed by atoms with van der Waals surface area (Å²) in [6, 6.07) is 2.69. The molecule has 7 heteroatoms. The summed E-state index contributed by atoms with van der Waals surface area (Å²) in [6.07, 6.45) is 2.01. The van der Waals surface area contributed by atoms with Gasteiger partial charge in [-0.05, 0) is 31.7 Å². The van der Waals surface area contributed by atoms with E-state index in [1.807, 2.05) is 6.92 Å². The van der Waals surface area contributed by atoms with Crippen molar-refractivity contribution in [2.45, 2.75) is 32.7 Å².